The van der Waals surface area contributed by atoms with Crippen molar-refractivity contribution >= 4 is 11.9 Å². The lowest BCUT2D eigenvalue weighted by atomic mass is 9.92. The summed E-state index contributed by atoms with van der Waals surface area (Å²) >= 11 is 0. The summed E-state index contributed by atoms with van der Waals surface area (Å²) in [6.45, 7) is 6.64. The van der Waals surface area contributed by atoms with E-state index in [1.807, 2.05) is 6.92 Å². The molecule has 0 saturated carbocycles. The monoisotopic (exact) mass is 298 g/mol. The quantitative estimate of drug-likeness (QED) is 0.641. The van der Waals surface area contributed by atoms with Crippen molar-refractivity contribution in [2.45, 2.75) is 64.8 Å². The highest BCUT2D eigenvalue weighted by Crippen LogP contribution is 2.22. The number of carboxylic acids is 1. The fourth-order valence-electron chi connectivity index (χ4n) is 2.91. The van der Waals surface area contributed by atoms with Gasteiger partial charge in [0.25, 0.3) is 0 Å². The molecule has 5 nitrogen and oxygen atoms in total. The van der Waals surface area contributed by atoms with Gasteiger partial charge in [0.1, 0.15) is 0 Å². The summed E-state index contributed by atoms with van der Waals surface area (Å²) in [4.78, 5) is 25.0. The van der Waals surface area contributed by atoms with Crippen molar-refractivity contribution < 1.29 is 14.7 Å². The number of rotatable bonds is 9. The number of unbranched alkanes of at least 4 members (excludes halogenated alkanes) is 2. The van der Waals surface area contributed by atoms with Crippen molar-refractivity contribution in [3.8, 4) is 0 Å². The number of likely N-dealkylation sites (tertiary alicyclic amines) is 1. The zero-order valence-electron chi connectivity index (χ0n) is 13.4. The van der Waals surface area contributed by atoms with Gasteiger partial charge in [0, 0.05) is 19.5 Å². The Morgan fingerprint density at radius 1 is 1.38 bits per heavy atom. The molecule has 0 aromatic carbocycles. The van der Waals surface area contributed by atoms with E-state index in [0.29, 0.717) is 5.92 Å². The Morgan fingerprint density at radius 3 is 2.81 bits per heavy atom. The molecule has 0 aliphatic carbocycles. The number of nitrogens with zero attached hydrogens (tertiary/aromatic N) is 1. The molecule has 2 atom stereocenters. The largest absolute Gasteiger partial charge is 0.481 e. The van der Waals surface area contributed by atoms with Gasteiger partial charge in [-0.3, -0.25) is 14.5 Å². The normalized spacial score (nSPS) is 21.0. The van der Waals surface area contributed by atoms with Gasteiger partial charge in [-0.05, 0) is 45.1 Å². The second-order valence-corrected chi connectivity index (χ2v) is 6.11. The molecule has 1 rings (SSSR count). The summed E-state index contributed by atoms with van der Waals surface area (Å²) in [5.41, 5.74) is 0. The lowest BCUT2D eigenvalue weighted by Crippen LogP contribution is -2.49. The van der Waals surface area contributed by atoms with Gasteiger partial charge in [0.2, 0.25) is 5.91 Å². The van der Waals surface area contributed by atoms with E-state index in [-0.39, 0.29) is 18.4 Å². The van der Waals surface area contributed by atoms with E-state index in [9.17, 15) is 9.59 Å². The number of hydrogen-bond donors (Lipinski definition) is 2. The van der Waals surface area contributed by atoms with Crippen LogP contribution in [0.3, 0.4) is 0 Å². The van der Waals surface area contributed by atoms with Crippen LogP contribution in [0.4, 0.5) is 0 Å². The highest BCUT2D eigenvalue weighted by Gasteiger charge is 2.27. The summed E-state index contributed by atoms with van der Waals surface area (Å²) in [5, 5.41) is 11.8. The number of hydrogen-bond acceptors (Lipinski definition) is 3. The van der Waals surface area contributed by atoms with E-state index in [1.165, 1.54) is 0 Å². The first-order chi connectivity index (χ1) is 10.0. The fourth-order valence-corrected chi connectivity index (χ4v) is 2.91. The summed E-state index contributed by atoms with van der Waals surface area (Å²) in [7, 11) is 0. The first kappa shape index (κ1) is 18.0. The van der Waals surface area contributed by atoms with Crippen LogP contribution in [-0.2, 0) is 9.59 Å². The molecular formula is C16H30N2O3. The van der Waals surface area contributed by atoms with Gasteiger partial charge in [-0.1, -0.05) is 19.8 Å². The van der Waals surface area contributed by atoms with Crippen molar-refractivity contribution in [3.63, 3.8) is 0 Å². The molecule has 1 aliphatic heterocycles. The third kappa shape index (κ3) is 6.93. The zero-order chi connectivity index (χ0) is 15.7. The molecule has 0 radical (unpaired) electrons. The Kier molecular flexibility index (Phi) is 8.35. The number of aliphatic carboxylic acids is 1. The predicted molar refractivity (Wildman–Crippen MR) is 83.2 cm³/mol. The number of carbonyl (C=O) groups is 2. The minimum absolute atomic E-state index is 0.102. The molecule has 1 heterocycles. The van der Waals surface area contributed by atoms with Crippen molar-refractivity contribution in [1.29, 1.82) is 0 Å². The molecule has 1 saturated heterocycles. The van der Waals surface area contributed by atoms with Crippen LogP contribution in [0.2, 0.25) is 0 Å². The van der Waals surface area contributed by atoms with Crippen LogP contribution in [0.15, 0.2) is 0 Å². The standard InChI is InChI=1S/C16H30N2O3/c1-3-4-5-10-17-16(21)13(2)18-11-6-7-14(12-18)8-9-15(19)20/h13-14H,3-12H2,1-2H3,(H,17,21)(H,19,20). The number of carbonyl (C=O) groups excluding carboxylic acids is 1. The van der Waals surface area contributed by atoms with Gasteiger partial charge < -0.3 is 10.4 Å². The van der Waals surface area contributed by atoms with Crippen LogP contribution in [-0.4, -0.2) is 47.6 Å². The van der Waals surface area contributed by atoms with Gasteiger partial charge >= 0.3 is 5.97 Å². The third-order valence-electron chi connectivity index (χ3n) is 4.32. The number of amides is 1. The van der Waals surface area contributed by atoms with Gasteiger partial charge in [-0.25, -0.2) is 0 Å². The molecule has 0 aromatic rings. The molecule has 1 aliphatic rings. The molecule has 0 bridgehead atoms. The van der Waals surface area contributed by atoms with Gasteiger partial charge in [-0.2, -0.15) is 0 Å². The number of piperidine rings is 1. The second kappa shape index (κ2) is 9.77. The fraction of sp³-hybridized carbons (Fsp3) is 0.875. The number of carboxylic acid groups (broad SMARTS) is 1. The molecule has 0 aromatic heterocycles. The molecule has 1 amide bonds. The molecule has 1 fully saturated rings. The van der Waals surface area contributed by atoms with Crippen molar-refractivity contribution in [2.24, 2.45) is 5.92 Å². The first-order valence-electron chi connectivity index (χ1n) is 8.28. The maximum atomic E-state index is 12.1. The van der Waals surface area contributed by atoms with Crippen LogP contribution >= 0.6 is 0 Å². The summed E-state index contributed by atoms with van der Waals surface area (Å²) < 4.78 is 0. The van der Waals surface area contributed by atoms with Gasteiger partial charge in [0.15, 0.2) is 0 Å². The Morgan fingerprint density at radius 2 is 2.14 bits per heavy atom. The molecule has 5 heteroatoms. The van der Waals surface area contributed by atoms with E-state index in [4.69, 9.17) is 5.11 Å². The van der Waals surface area contributed by atoms with Crippen molar-refractivity contribution in [1.82, 2.24) is 10.2 Å². The minimum Gasteiger partial charge on any atom is -0.481 e. The maximum absolute atomic E-state index is 12.1. The van der Waals surface area contributed by atoms with E-state index < -0.39 is 5.97 Å². The van der Waals surface area contributed by atoms with Gasteiger partial charge in [0.05, 0.1) is 6.04 Å². The molecule has 21 heavy (non-hydrogen) atoms. The van der Waals surface area contributed by atoms with E-state index in [0.717, 1.165) is 58.2 Å². The van der Waals surface area contributed by atoms with Crippen LogP contribution in [0, 0.1) is 5.92 Å². The van der Waals surface area contributed by atoms with E-state index in [2.05, 4.69) is 17.1 Å². The molecule has 122 valence electrons. The van der Waals surface area contributed by atoms with Crippen LogP contribution in [0.5, 0.6) is 0 Å². The third-order valence-corrected chi connectivity index (χ3v) is 4.32. The maximum Gasteiger partial charge on any atom is 0.303 e. The smallest absolute Gasteiger partial charge is 0.303 e. The molecule has 2 unspecified atom stereocenters. The summed E-state index contributed by atoms with van der Waals surface area (Å²) in [5.74, 6) is -0.219. The van der Waals surface area contributed by atoms with Crippen LogP contribution in [0.1, 0.15) is 58.8 Å². The highest BCUT2D eigenvalue weighted by atomic mass is 16.4. The summed E-state index contributed by atoms with van der Waals surface area (Å²) in [6.07, 6.45) is 6.42. The van der Waals surface area contributed by atoms with Crippen LogP contribution in [0.25, 0.3) is 0 Å². The Bertz CT molecular complexity index is 333. The summed E-state index contributed by atoms with van der Waals surface area (Å²) in [6, 6.07) is -0.112. The Labute approximate surface area is 128 Å². The SMILES string of the molecule is CCCCCNC(=O)C(C)N1CCCC(CCC(=O)O)C1. The van der Waals surface area contributed by atoms with Crippen LogP contribution < -0.4 is 5.32 Å². The van der Waals surface area contributed by atoms with E-state index >= 15 is 0 Å². The molecular weight excluding hydrogens is 268 g/mol. The number of nitrogens with one attached hydrogen (secondary N) is 1. The minimum atomic E-state index is -0.728. The molecule has 0 spiro atoms. The average Bonchev–Trinajstić information content (AvgIpc) is 2.49. The zero-order valence-corrected chi connectivity index (χ0v) is 13.4. The topological polar surface area (TPSA) is 69.6 Å². The molecule has 2 N–H and O–H groups in total. The highest BCUT2D eigenvalue weighted by molar-refractivity contribution is 5.81. The lowest BCUT2D eigenvalue weighted by Gasteiger charge is -2.36. The van der Waals surface area contributed by atoms with E-state index in [1.54, 1.807) is 0 Å². The Balaban J connectivity index is 2.33. The van der Waals surface area contributed by atoms with Gasteiger partial charge in [-0.15, -0.1) is 0 Å². The second-order valence-electron chi connectivity index (χ2n) is 6.11. The predicted octanol–water partition coefficient (Wildman–Crippen LogP) is 2.26. The lowest BCUT2D eigenvalue weighted by molar-refractivity contribution is -0.137. The average molecular weight is 298 g/mol. The Hall–Kier alpha value is -1.10. The first-order valence-corrected chi connectivity index (χ1v) is 8.28. The van der Waals surface area contributed by atoms with Crippen molar-refractivity contribution in [3.05, 3.63) is 0 Å². The van der Waals surface area contributed by atoms with Crippen molar-refractivity contribution in [2.75, 3.05) is 19.6 Å².